The van der Waals surface area contributed by atoms with Gasteiger partial charge in [-0.1, -0.05) is 0 Å². The standard InChI is InChI=1S/C19H21FN2O3/c1-11-10-17(13(3)22(11)15-6-4-14(20)5-7-15)18(23)21-9-8-16(12(21)2)19(24)25/h4-7,10,12,16H,8-9H2,1-3H3,(H,24,25). The van der Waals surface area contributed by atoms with Crippen LogP contribution in [0, 0.1) is 25.6 Å². The molecule has 0 aliphatic carbocycles. The quantitative estimate of drug-likeness (QED) is 0.930. The van der Waals surface area contributed by atoms with E-state index in [4.69, 9.17) is 0 Å². The normalized spacial score (nSPS) is 20.1. The second kappa shape index (κ2) is 6.35. The number of benzene rings is 1. The second-order valence-corrected chi connectivity index (χ2v) is 6.57. The smallest absolute Gasteiger partial charge is 0.308 e. The fourth-order valence-corrected chi connectivity index (χ4v) is 3.68. The Morgan fingerprint density at radius 2 is 1.84 bits per heavy atom. The lowest BCUT2D eigenvalue weighted by atomic mass is 10.0. The fraction of sp³-hybridized carbons (Fsp3) is 0.368. The van der Waals surface area contributed by atoms with E-state index in [0.717, 1.165) is 17.1 Å². The van der Waals surface area contributed by atoms with Gasteiger partial charge in [0.25, 0.3) is 5.91 Å². The van der Waals surface area contributed by atoms with Gasteiger partial charge in [0, 0.05) is 29.7 Å². The Labute approximate surface area is 145 Å². The molecule has 1 aliphatic heterocycles. The van der Waals surface area contributed by atoms with E-state index in [9.17, 15) is 19.1 Å². The number of likely N-dealkylation sites (tertiary alicyclic amines) is 1. The third-order valence-electron chi connectivity index (χ3n) is 5.08. The van der Waals surface area contributed by atoms with E-state index in [0.29, 0.717) is 18.5 Å². The van der Waals surface area contributed by atoms with Crippen LogP contribution in [0.25, 0.3) is 5.69 Å². The van der Waals surface area contributed by atoms with E-state index < -0.39 is 11.9 Å². The number of aromatic nitrogens is 1. The number of aliphatic carboxylic acids is 1. The van der Waals surface area contributed by atoms with Crippen LogP contribution in [0.5, 0.6) is 0 Å². The van der Waals surface area contributed by atoms with E-state index >= 15 is 0 Å². The molecular formula is C19H21FN2O3. The summed E-state index contributed by atoms with van der Waals surface area (Å²) in [5.41, 5.74) is 2.97. The van der Waals surface area contributed by atoms with Gasteiger partial charge in [0.15, 0.2) is 0 Å². The summed E-state index contributed by atoms with van der Waals surface area (Å²) in [5, 5.41) is 9.25. The number of halogens is 1. The predicted octanol–water partition coefficient (Wildman–Crippen LogP) is 3.17. The average Bonchev–Trinajstić information content (AvgIpc) is 3.08. The van der Waals surface area contributed by atoms with Crippen LogP contribution < -0.4 is 0 Å². The van der Waals surface area contributed by atoms with E-state index in [2.05, 4.69) is 0 Å². The molecule has 2 atom stereocenters. The molecule has 1 aromatic heterocycles. The zero-order valence-electron chi connectivity index (χ0n) is 14.5. The summed E-state index contributed by atoms with van der Waals surface area (Å²) in [5.74, 6) is -1.85. The highest BCUT2D eigenvalue weighted by atomic mass is 19.1. The molecule has 1 aliphatic rings. The summed E-state index contributed by atoms with van der Waals surface area (Å²) in [6, 6.07) is 7.58. The van der Waals surface area contributed by atoms with Crippen LogP contribution in [-0.2, 0) is 4.79 Å². The first-order valence-corrected chi connectivity index (χ1v) is 8.30. The molecule has 0 radical (unpaired) electrons. The first-order chi connectivity index (χ1) is 11.8. The number of carboxylic acid groups (broad SMARTS) is 1. The molecule has 2 heterocycles. The van der Waals surface area contributed by atoms with Crippen LogP contribution in [-0.4, -0.2) is 39.0 Å². The highest BCUT2D eigenvalue weighted by Crippen LogP contribution is 2.28. The van der Waals surface area contributed by atoms with Crippen molar-refractivity contribution in [2.45, 2.75) is 33.2 Å². The van der Waals surface area contributed by atoms with E-state index in [1.165, 1.54) is 12.1 Å². The predicted molar refractivity (Wildman–Crippen MR) is 91.4 cm³/mol. The maximum atomic E-state index is 13.2. The first-order valence-electron chi connectivity index (χ1n) is 8.30. The Morgan fingerprint density at radius 1 is 1.20 bits per heavy atom. The minimum absolute atomic E-state index is 0.155. The minimum atomic E-state index is -0.861. The number of carboxylic acids is 1. The van der Waals surface area contributed by atoms with Gasteiger partial charge in [-0.05, 0) is 57.5 Å². The maximum absolute atomic E-state index is 13.2. The lowest BCUT2D eigenvalue weighted by Crippen LogP contribution is -2.37. The maximum Gasteiger partial charge on any atom is 0.308 e. The van der Waals surface area contributed by atoms with Gasteiger partial charge in [0.1, 0.15) is 5.82 Å². The van der Waals surface area contributed by atoms with Crippen LogP contribution in [0.1, 0.15) is 35.1 Å². The summed E-state index contributed by atoms with van der Waals surface area (Å²) in [6.45, 7) is 5.96. The number of carbonyl (C=O) groups excluding carboxylic acids is 1. The summed E-state index contributed by atoms with van der Waals surface area (Å²) in [6.07, 6.45) is 0.471. The van der Waals surface area contributed by atoms with Crippen LogP contribution in [0.4, 0.5) is 4.39 Å². The Kier molecular flexibility index (Phi) is 4.37. The van der Waals surface area contributed by atoms with Crippen molar-refractivity contribution >= 4 is 11.9 Å². The number of rotatable bonds is 3. The van der Waals surface area contributed by atoms with Crippen molar-refractivity contribution in [3.63, 3.8) is 0 Å². The molecule has 1 amide bonds. The minimum Gasteiger partial charge on any atom is -0.481 e. The molecule has 1 saturated heterocycles. The van der Waals surface area contributed by atoms with Gasteiger partial charge < -0.3 is 14.6 Å². The molecule has 2 unspecified atom stereocenters. The molecule has 1 aromatic carbocycles. The van der Waals surface area contributed by atoms with E-state index in [-0.39, 0.29) is 17.8 Å². The van der Waals surface area contributed by atoms with Gasteiger partial charge in [-0.2, -0.15) is 0 Å². The van der Waals surface area contributed by atoms with Gasteiger partial charge in [-0.3, -0.25) is 9.59 Å². The summed E-state index contributed by atoms with van der Waals surface area (Å²) in [7, 11) is 0. The van der Waals surface area contributed by atoms with Crippen LogP contribution in [0.15, 0.2) is 30.3 Å². The van der Waals surface area contributed by atoms with Gasteiger partial charge in [-0.15, -0.1) is 0 Å². The van der Waals surface area contributed by atoms with Crippen molar-refractivity contribution in [1.29, 1.82) is 0 Å². The molecule has 25 heavy (non-hydrogen) atoms. The van der Waals surface area contributed by atoms with Crippen molar-refractivity contribution in [3.05, 3.63) is 53.1 Å². The highest BCUT2D eigenvalue weighted by molar-refractivity contribution is 5.96. The van der Waals surface area contributed by atoms with Gasteiger partial charge in [0.05, 0.1) is 11.5 Å². The fourth-order valence-electron chi connectivity index (χ4n) is 3.68. The van der Waals surface area contributed by atoms with Crippen LogP contribution in [0.2, 0.25) is 0 Å². The monoisotopic (exact) mass is 344 g/mol. The van der Waals surface area contributed by atoms with Crippen molar-refractivity contribution in [1.82, 2.24) is 9.47 Å². The van der Waals surface area contributed by atoms with Crippen LogP contribution >= 0.6 is 0 Å². The number of nitrogens with zero attached hydrogens (tertiary/aromatic N) is 2. The number of carbonyl (C=O) groups is 2. The lowest BCUT2D eigenvalue weighted by Gasteiger charge is -2.23. The van der Waals surface area contributed by atoms with Crippen molar-refractivity contribution in [2.24, 2.45) is 5.92 Å². The first kappa shape index (κ1) is 17.2. The molecule has 0 spiro atoms. The summed E-state index contributed by atoms with van der Waals surface area (Å²) in [4.78, 5) is 25.9. The van der Waals surface area contributed by atoms with E-state index in [1.807, 2.05) is 24.5 Å². The van der Waals surface area contributed by atoms with Crippen LogP contribution in [0.3, 0.4) is 0 Å². The number of amides is 1. The number of hydrogen-bond acceptors (Lipinski definition) is 2. The highest BCUT2D eigenvalue weighted by Gasteiger charge is 2.39. The summed E-state index contributed by atoms with van der Waals surface area (Å²) < 4.78 is 15.1. The molecule has 2 aromatic rings. The second-order valence-electron chi connectivity index (χ2n) is 6.57. The third-order valence-corrected chi connectivity index (χ3v) is 5.08. The SMILES string of the molecule is Cc1cc(C(=O)N2CCC(C(=O)O)C2C)c(C)n1-c1ccc(F)cc1. The lowest BCUT2D eigenvalue weighted by molar-refractivity contribution is -0.142. The zero-order valence-corrected chi connectivity index (χ0v) is 14.5. The molecule has 6 heteroatoms. The number of hydrogen-bond donors (Lipinski definition) is 1. The number of aryl methyl sites for hydroxylation is 1. The van der Waals surface area contributed by atoms with Gasteiger partial charge in [0.2, 0.25) is 0 Å². The van der Waals surface area contributed by atoms with Crippen molar-refractivity contribution in [3.8, 4) is 5.69 Å². The van der Waals surface area contributed by atoms with Crippen molar-refractivity contribution < 1.29 is 19.1 Å². The van der Waals surface area contributed by atoms with Gasteiger partial charge >= 0.3 is 5.97 Å². The topological polar surface area (TPSA) is 62.5 Å². The molecular weight excluding hydrogens is 323 g/mol. The zero-order chi connectivity index (χ0) is 18.3. The third kappa shape index (κ3) is 2.92. The molecule has 0 bridgehead atoms. The van der Waals surface area contributed by atoms with Gasteiger partial charge in [-0.25, -0.2) is 4.39 Å². The molecule has 132 valence electrons. The molecule has 3 rings (SSSR count). The Hall–Kier alpha value is -2.63. The van der Waals surface area contributed by atoms with E-state index in [1.54, 1.807) is 24.0 Å². The Morgan fingerprint density at radius 3 is 2.40 bits per heavy atom. The molecule has 1 N–H and O–H groups in total. The Balaban J connectivity index is 1.94. The van der Waals surface area contributed by atoms with Crippen molar-refractivity contribution in [2.75, 3.05) is 6.54 Å². The molecule has 5 nitrogen and oxygen atoms in total. The summed E-state index contributed by atoms with van der Waals surface area (Å²) >= 11 is 0. The molecule has 0 saturated carbocycles. The molecule has 1 fully saturated rings. The Bertz CT molecular complexity index is 826. The largest absolute Gasteiger partial charge is 0.481 e. The average molecular weight is 344 g/mol.